The fourth-order valence-corrected chi connectivity index (χ4v) is 4.99. The van der Waals surface area contributed by atoms with Crippen molar-refractivity contribution in [3.63, 3.8) is 0 Å². The Labute approximate surface area is 172 Å². The van der Waals surface area contributed by atoms with Crippen LogP contribution in [-0.4, -0.2) is 36.8 Å². The van der Waals surface area contributed by atoms with Gasteiger partial charge in [-0.15, -0.1) is 0 Å². The van der Waals surface area contributed by atoms with E-state index in [9.17, 15) is 18.3 Å². The van der Waals surface area contributed by atoms with Gasteiger partial charge in [-0.25, -0.2) is 8.42 Å². The van der Waals surface area contributed by atoms with Crippen molar-refractivity contribution in [2.45, 2.75) is 50.3 Å². The number of phenols is 1. The Bertz CT molecular complexity index is 947. The Morgan fingerprint density at radius 3 is 2.31 bits per heavy atom. The molecule has 3 rings (SSSR count). The average molecular weight is 417 g/mol. The van der Waals surface area contributed by atoms with Crippen LogP contribution in [0.15, 0.2) is 47.4 Å². The molecule has 2 aromatic carbocycles. The number of nitrogens with zero attached hydrogens (tertiary/aromatic N) is 1. The first-order valence-electron chi connectivity index (χ1n) is 10.0. The second-order valence-electron chi connectivity index (χ2n) is 7.53. The third-order valence-corrected chi connectivity index (χ3v) is 7.11. The molecule has 1 aliphatic rings. The van der Waals surface area contributed by atoms with Gasteiger partial charge in [0, 0.05) is 19.5 Å². The zero-order chi connectivity index (χ0) is 20.9. The van der Waals surface area contributed by atoms with Gasteiger partial charge in [0.1, 0.15) is 5.75 Å². The molecule has 1 heterocycles. The highest BCUT2D eigenvalue weighted by Gasteiger charge is 2.24. The number of hydrogen-bond acceptors (Lipinski definition) is 4. The summed E-state index contributed by atoms with van der Waals surface area (Å²) < 4.78 is 27.2. The van der Waals surface area contributed by atoms with E-state index in [1.807, 2.05) is 13.0 Å². The average Bonchev–Trinajstić information content (AvgIpc) is 2.99. The van der Waals surface area contributed by atoms with E-state index in [0.29, 0.717) is 30.1 Å². The molecule has 0 unspecified atom stereocenters. The molecule has 6 nitrogen and oxygen atoms in total. The monoisotopic (exact) mass is 416 g/mol. The summed E-state index contributed by atoms with van der Waals surface area (Å²) in [6.45, 7) is 3.02. The Kier molecular flexibility index (Phi) is 6.92. The minimum absolute atomic E-state index is 0.0430. The fourth-order valence-electron chi connectivity index (χ4n) is 3.48. The van der Waals surface area contributed by atoms with Gasteiger partial charge in [-0.3, -0.25) is 4.79 Å². The van der Waals surface area contributed by atoms with Gasteiger partial charge in [-0.2, -0.15) is 4.31 Å². The summed E-state index contributed by atoms with van der Waals surface area (Å²) in [6, 6.07) is 11.9. The first-order chi connectivity index (χ1) is 13.9. The van der Waals surface area contributed by atoms with Crippen molar-refractivity contribution in [1.82, 2.24) is 4.31 Å². The molecule has 2 N–H and O–H groups in total. The number of carbonyl (C=O) groups is 1. The number of carbonyl (C=O) groups excluding carboxylic acids is 1. The summed E-state index contributed by atoms with van der Waals surface area (Å²) in [5.74, 6) is -0.160. The molecule has 2 aromatic rings. The number of benzene rings is 2. The summed E-state index contributed by atoms with van der Waals surface area (Å²) >= 11 is 0. The molecule has 0 spiro atoms. The van der Waals surface area contributed by atoms with E-state index >= 15 is 0 Å². The van der Waals surface area contributed by atoms with Crippen molar-refractivity contribution in [3.05, 3.63) is 53.6 Å². The molecule has 7 heteroatoms. The third-order valence-electron chi connectivity index (χ3n) is 5.19. The molecule has 1 amide bonds. The van der Waals surface area contributed by atoms with Crippen LogP contribution >= 0.6 is 0 Å². The molecule has 0 bridgehead atoms. The maximum atomic E-state index is 12.8. The smallest absolute Gasteiger partial charge is 0.243 e. The molecule has 29 heavy (non-hydrogen) atoms. The van der Waals surface area contributed by atoms with Crippen molar-refractivity contribution in [2.75, 3.05) is 18.4 Å². The lowest BCUT2D eigenvalue weighted by Gasteiger charge is -2.20. The number of aryl methyl sites for hydroxylation is 2. The number of nitrogens with one attached hydrogen (secondary N) is 1. The van der Waals surface area contributed by atoms with Crippen molar-refractivity contribution in [3.8, 4) is 5.75 Å². The van der Waals surface area contributed by atoms with Crippen LogP contribution in [0.25, 0.3) is 0 Å². The molecule has 0 aliphatic carbocycles. The van der Waals surface area contributed by atoms with Gasteiger partial charge in [0.25, 0.3) is 0 Å². The van der Waals surface area contributed by atoms with Gasteiger partial charge < -0.3 is 10.4 Å². The number of sulfonamides is 1. The number of phenolic OH excluding ortho intramolecular Hbond substituents is 1. The minimum Gasteiger partial charge on any atom is -0.506 e. The zero-order valence-corrected chi connectivity index (χ0v) is 17.5. The summed E-state index contributed by atoms with van der Waals surface area (Å²) in [5.41, 5.74) is 2.19. The molecule has 156 valence electrons. The summed E-state index contributed by atoms with van der Waals surface area (Å²) in [6.07, 6.45) is 4.70. The van der Waals surface area contributed by atoms with Crippen LogP contribution in [0, 0.1) is 6.92 Å². The molecular weight excluding hydrogens is 388 g/mol. The van der Waals surface area contributed by atoms with Gasteiger partial charge in [0.05, 0.1) is 10.6 Å². The molecule has 0 atom stereocenters. The molecule has 1 aliphatic heterocycles. The van der Waals surface area contributed by atoms with Crippen LogP contribution < -0.4 is 5.32 Å². The van der Waals surface area contributed by atoms with E-state index in [1.54, 1.807) is 40.7 Å². The van der Waals surface area contributed by atoms with Crippen LogP contribution in [0.2, 0.25) is 0 Å². The highest BCUT2D eigenvalue weighted by molar-refractivity contribution is 7.89. The molecule has 1 saturated heterocycles. The van der Waals surface area contributed by atoms with E-state index in [2.05, 4.69) is 5.32 Å². The van der Waals surface area contributed by atoms with Gasteiger partial charge in [-0.05, 0) is 61.6 Å². The first-order valence-corrected chi connectivity index (χ1v) is 11.5. The van der Waals surface area contributed by atoms with Crippen molar-refractivity contribution in [1.29, 1.82) is 0 Å². The largest absolute Gasteiger partial charge is 0.506 e. The van der Waals surface area contributed by atoms with Crippen molar-refractivity contribution >= 4 is 21.6 Å². The normalized spacial score (nSPS) is 15.6. The lowest BCUT2D eigenvalue weighted by Crippen LogP contribution is -2.31. The highest BCUT2D eigenvalue weighted by atomic mass is 32.2. The fraction of sp³-hybridized carbons (Fsp3) is 0.409. The lowest BCUT2D eigenvalue weighted by molar-refractivity contribution is -0.116. The minimum atomic E-state index is -3.46. The van der Waals surface area contributed by atoms with E-state index in [4.69, 9.17) is 0 Å². The zero-order valence-electron chi connectivity index (χ0n) is 16.7. The number of anilines is 1. The van der Waals surface area contributed by atoms with Gasteiger partial charge in [-0.1, -0.05) is 31.0 Å². The summed E-state index contributed by atoms with van der Waals surface area (Å²) in [4.78, 5) is 12.5. The number of aromatic hydroxyl groups is 1. The predicted octanol–water partition coefficient (Wildman–Crippen LogP) is 3.84. The van der Waals surface area contributed by atoms with Crippen LogP contribution in [-0.2, 0) is 21.2 Å². The van der Waals surface area contributed by atoms with E-state index in [0.717, 1.165) is 36.8 Å². The number of hydrogen-bond donors (Lipinski definition) is 2. The van der Waals surface area contributed by atoms with Crippen LogP contribution in [0.4, 0.5) is 5.69 Å². The molecule has 1 fully saturated rings. The van der Waals surface area contributed by atoms with Gasteiger partial charge in [0.2, 0.25) is 15.9 Å². The second-order valence-corrected chi connectivity index (χ2v) is 9.47. The number of amides is 1. The van der Waals surface area contributed by atoms with Gasteiger partial charge in [0.15, 0.2) is 0 Å². The van der Waals surface area contributed by atoms with Crippen LogP contribution in [0.3, 0.4) is 0 Å². The Hall–Kier alpha value is -2.38. The highest BCUT2D eigenvalue weighted by Crippen LogP contribution is 2.24. The molecule has 0 saturated carbocycles. The van der Waals surface area contributed by atoms with Crippen LogP contribution in [0.5, 0.6) is 5.75 Å². The first kappa shape index (κ1) is 21.3. The van der Waals surface area contributed by atoms with E-state index in [1.165, 1.54) is 0 Å². The SMILES string of the molecule is Cc1ccc(NC(=O)CCc2ccc(S(=O)(=O)N3CCCCCC3)cc2)c(O)c1. The topological polar surface area (TPSA) is 86.7 Å². The maximum absolute atomic E-state index is 12.8. The summed E-state index contributed by atoms with van der Waals surface area (Å²) in [7, 11) is -3.46. The maximum Gasteiger partial charge on any atom is 0.243 e. The standard InChI is InChI=1S/C22H28N2O4S/c1-17-6-12-20(21(25)16-17)23-22(26)13-9-18-7-10-19(11-8-18)29(27,28)24-14-4-2-3-5-15-24/h6-8,10-12,16,25H,2-5,9,13-15H2,1H3,(H,23,26). The Morgan fingerprint density at radius 1 is 1.03 bits per heavy atom. The van der Waals surface area contributed by atoms with Gasteiger partial charge >= 0.3 is 0 Å². The molecule has 0 radical (unpaired) electrons. The van der Waals surface area contributed by atoms with E-state index in [-0.39, 0.29) is 18.1 Å². The Balaban J connectivity index is 1.58. The van der Waals surface area contributed by atoms with Crippen molar-refractivity contribution < 1.29 is 18.3 Å². The lowest BCUT2D eigenvalue weighted by atomic mass is 10.1. The predicted molar refractivity (Wildman–Crippen MR) is 113 cm³/mol. The van der Waals surface area contributed by atoms with Crippen molar-refractivity contribution in [2.24, 2.45) is 0 Å². The third kappa shape index (κ3) is 5.58. The summed E-state index contributed by atoms with van der Waals surface area (Å²) in [5, 5.41) is 12.6. The second kappa shape index (κ2) is 9.41. The van der Waals surface area contributed by atoms with Crippen LogP contribution in [0.1, 0.15) is 43.2 Å². The Morgan fingerprint density at radius 2 is 1.69 bits per heavy atom. The quantitative estimate of drug-likeness (QED) is 0.701. The van der Waals surface area contributed by atoms with E-state index < -0.39 is 10.0 Å². The molecule has 0 aromatic heterocycles. The molecular formula is C22H28N2O4S. The number of rotatable bonds is 6.